The molecule has 1 N–H and O–H groups in total. The van der Waals surface area contributed by atoms with Gasteiger partial charge in [0.05, 0.1) is 11.7 Å². The zero-order valence-corrected chi connectivity index (χ0v) is 12.5. The summed E-state index contributed by atoms with van der Waals surface area (Å²) in [5.74, 6) is -0.786. The molecule has 1 aromatic heterocycles. The Kier molecular flexibility index (Phi) is 3.22. The third kappa shape index (κ3) is 2.52. The molecular formula is C14H10ClFN2O2S. The van der Waals surface area contributed by atoms with Gasteiger partial charge in [-0.2, -0.15) is 5.10 Å². The summed E-state index contributed by atoms with van der Waals surface area (Å²) in [5.41, 5.74) is 1.95. The first-order valence-electron chi connectivity index (χ1n) is 5.99. The van der Waals surface area contributed by atoms with E-state index in [0.29, 0.717) is 16.1 Å². The third-order valence-corrected chi connectivity index (χ3v) is 4.51. The van der Waals surface area contributed by atoms with Crippen LogP contribution in [0.2, 0.25) is 5.02 Å². The first kappa shape index (κ1) is 14.0. The Morgan fingerprint density at radius 1 is 1.24 bits per heavy atom. The molecule has 3 aromatic rings. The van der Waals surface area contributed by atoms with Gasteiger partial charge in [-0.3, -0.25) is 5.10 Å². The van der Waals surface area contributed by atoms with Gasteiger partial charge in [-0.1, -0.05) is 17.7 Å². The molecule has 21 heavy (non-hydrogen) atoms. The van der Waals surface area contributed by atoms with Crippen LogP contribution in [0.1, 0.15) is 0 Å². The molecule has 0 saturated heterocycles. The van der Waals surface area contributed by atoms with Crippen molar-refractivity contribution in [1.82, 2.24) is 10.2 Å². The number of rotatable bonds is 2. The molecule has 0 saturated carbocycles. The largest absolute Gasteiger partial charge is 0.278 e. The summed E-state index contributed by atoms with van der Waals surface area (Å²) >= 11 is 6.04. The summed E-state index contributed by atoms with van der Waals surface area (Å²) in [7, 11) is -3.59. The molecule has 0 radical (unpaired) electrons. The van der Waals surface area contributed by atoms with Gasteiger partial charge in [0.2, 0.25) is 0 Å². The fourth-order valence-corrected chi connectivity index (χ4v) is 3.17. The van der Waals surface area contributed by atoms with Crippen LogP contribution in [0.4, 0.5) is 4.39 Å². The predicted molar refractivity (Wildman–Crippen MR) is 79.6 cm³/mol. The van der Waals surface area contributed by atoms with Crippen LogP contribution in [-0.4, -0.2) is 24.9 Å². The van der Waals surface area contributed by atoms with Crippen LogP contribution in [0.5, 0.6) is 0 Å². The zero-order valence-electron chi connectivity index (χ0n) is 10.9. The molecule has 0 amide bonds. The van der Waals surface area contributed by atoms with E-state index in [1.807, 2.05) is 0 Å². The number of H-pyrrole nitrogens is 1. The van der Waals surface area contributed by atoms with Gasteiger partial charge in [-0.05, 0) is 35.4 Å². The summed E-state index contributed by atoms with van der Waals surface area (Å²) in [6.07, 6.45) is 2.59. The number of hydrogen-bond donors (Lipinski definition) is 1. The molecule has 0 atom stereocenters. The second-order valence-electron chi connectivity index (χ2n) is 4.70. The van der Waals surface area contributed by atoms with Gasteiger partial charge < -0.3 is 0 Å². The van der Waals surface area contributed by atoms with E-state index in [0.717, 1.165) is 17.2 Å². The van der Waals surface area contributed by atoms with Gasteiger partial charge in [0, 0.05) is 16.7 Å². The van der Waals surface area contributed by atoms with Crippen LogP contribution in [0, 0.1) is 5.82 Å². The fraction of sp³-hybridized carbons (Fsp3) is 0.0714. The van der Waals surface area contributed by atoms with Crippen molar-refractivity contribution in [2.24, 2.45) is 0 Å². The molecular weight excluding hydrogens is 315 g/mol. The topological polar surface area (TPSA) is 62.8 Å². The van der Waals surface area contributed by atoms with Crippen molar-refractivity contribution in [2.45, 2.75) is 4.90 Å². The molecule has 0 aliphatic rings. The van der Waals surface area contributed by atoms with Crippen molar-refractivity contribution in [1.29, 1.82) is 0 Å². The van der Waals surface area contributed by atoms with E-state index in [1.54, 1.807) is 24.4 Å². The lowest BCUT2D eigenvalue weighted by Gasteiger charge is -2.07. The minimum absolute atomic E-state index is 0.322. The van der Waals surface area contributed by atoms with Crippen molar-refractivity contribution >= 4 is 32.3 Å². The highest BCUT2D eigenvalue weighted by molar-refractivity contribution is 7.90. The summed E-state index contributed by atoms with van der Waals surface area (Å²) in [4.78, 5) is -0.322. The third-order valence-electron chi connectivity index (χ3n) is 3.17. The molecule has 108 valence electrons. The molecule has 7 heteroatoms. The van der Waals surface area contributed by atoms with Crippen LogP contribution >= 0.6 is 11.6 Å². The smallest absolute Gasteiger partial charge is 0.178 e. The molecule has 2 aromatic carbocycles. The molecule has 0 unspecified atom stereocenters. The number of benzene rings is 2. The number of nitrogens with zero attached hydrogens (tertiary/aromatic N) is 1. The Labute approximate surface area is 125 Å². The van der Waals surface area contributed by atoms with Crippen molar-refractivity contribution in [3.05, 3.63) is 47.4 Å². The quantitative estimate of drug-likeness (QED) is 0.785. The second kappa shape index (κ2) is 4.82. The lowest BCUT2D eigenvalue weighted by molar-refractivity contribution is 0.571. The Morgan fingerprint density at radius 3 is 2.67 bits per heavy atom. The van der Waals surface area contributed by atoms with Gasteiger partial charge in [0.25, 0.3) is 0 Å². The SMILES string of the molecule is CS(=O)(=O)c1ccc(-c2cc(Cl)cc3[nH]ncc23)cc1F. The van der Waals surface area contributed by atoms with Crippen molar-refractivity contribution in [3.63, 3.8) is 0 Å². The van der Waals surface area contributed by atoms with E-state index >= 15 is 0 Å². The van der Waals surface area contributed by atoms with Gasteiger partial charge in [-0.25, -0.2) is 12.8 Å². The molecule has 0 aliphatic carbocycles. The molecule has 0 aliphatic heterocycles. The highest BCUT2D eigenvalue weighted by atomic mass is 35.5. The normalized spacial score (nSPS) is 12.0. The fourth-order valence-electron chi connectivity index (χ4n) is 2.22. The number of hydrogen-bond acceptors (Lipinski definition) is 3. The number of sulfone groups is 1. The minimum Gasteiger partial charge on any atom is -0.278 e. The van der Waals surface area contributed by atoms with Crippen LogP contribution in [-0.2, 0) is 9.84 Å². The lowest BCUT2D eigenvalue weighted by atomic mass is 10.0. The molecule has 4 nitrogen and oxygen atoms in total. The summed E-state index contributed by atoms with van der Waals surface area (Å²) in [6.45, 7) is 0. The number of fused-ring (bicyclic) bond motifs is 1. The van der Waals surface area contributed by atoms with Crippen molar-refractivity contribution in [2.75, 3.05) is 6.26 Å². The Bertz CT molecular complexity index is 951. The molecule has 3 rings (SSSR count). The van der Waals surface area contributed by atoms with E-state index in [1.165, 1.54) is 12.1 Å². The van der Waals surface area contributed by atoms with Crippen LogP contribution < -0.4 is 0 Å². The summed E-state index contributed by atoms with van der Waals surface area (Å²) in [5, 5.41) is 8.00. The van der Waals surface area contributed by atoms with Crippen LogP contribution in [0.3, 0.4) is 0 Å². The molecule has 0 fully saturated rings. The number of aromatic amines is 1. The average molecular weight is 325 g/mol. The van der Waals surface area contributed by atoms with E-state index in [9.17, 15) is 12.8 Å². The predicted octanol–water partition coefficient (Wildman–Crippen LogP) is 3.43. The lowest BCUT2D eigenvalue weighted by Crippen LogP contribution is -2.00. The summed E-state index contributed by atoms with van der Waals surface area (Å²) in [6, 6.07) is 7.40. The van der Waals surface area contributed by atoms with Gasteiger partial charge in [-0.15, -0.1) is 0 Å². The first-order valence-corrected chi connectivity index (χ1v) is 8.26. The maximum absolute atomic E-state index is 14.0. The standard InChI is InChI=1S/C14H10ClFN2O2S/c1-21(19,20)14-3-2-8(4-12(14)16)10-5-9(15)6-13-11(10)7-17-18-13/h2-7H,1H3,(H,17,18). The highest BCUT2D eigenvalue weighted by Crippen LogP contribution is 2.32. The van der Waals surface area contributed by atoms with Gasteiger partial charge in [0.1, 0.15) is 10.7 Å². The Morgan fingerprint density at radius 2 is 2.00 bits per heavy atom. The number of nitrogens with one attached hydrogen (secondary N) is 1. The van der Waals surface area contributed by atoms with Crippen molar-refractivity contribution in [3.8, 4) is 11.1 Å². The van der Waals surface area contributed by atoms with E-state index in [-0.39, 0.29) is 4.90 Å². The molecule has 1 heterocycles. The monoisotopic (exact) mass is 324 g/mol. The van der Waals surface area contributed by atoms with E-state index < -0.39 is 15.7 Å². The Balaban J connectivity index is 2.24. The zero-order chi connectivity index (χ0) is 15.2. The van der Waals surface area contributed by atoms with Crippen molar-refractivity contribution < 1.29 is 12.8 Å². The number of aromatic nitrogens is 2. The van der Waals surface area contributed by atoms with E-state index in [2.05, 4.69) is 10.2 Å². The molecule has 0 bridgehead atoms. The Hall–Kier alpha value is -1.92. The maximum Gasteiger partial charge on any atom is 0.178 e. The van der Waals surface area contributed by atoms with Crippen LogP contribution in [0.15, 0.2) is 41.4 Å². The number of halogens is 2. The van der Waals surface area contributed by atoms with E-state index in [4.69, 9.17) is 11.6 Å². The molecule has 0 spiro atoms. The average Bonchev–Trinajstić information content (AvgIpc) is 2.83. The maximum atomic E-state index is 14.0. The summed E-state index contributed by atoms with van der Waals surface area (Å²) < 4.78 is 36.9. The second-order valence-corrected chi connectivity index (χ2v) is 7.12. The highest BCUT2D eigenvalue weighted by Gasteiger charge is 2.15. The van der Waals surface area contributed by atoms with Gasteiger partial charge in [0.15, 0.2) is 9.84 Å². The van der Waals surface area contributed by atoms with Crippen LogP contribution in [0.25, 0.3) is 22.0 Å². The minimum atomic E-state index is -3.59. The van der Waals surface area contributed by atoms with Gasteiger partial charge >= 0.3 is 0 Å². The first-order chi connectivity index (χ1) is 9.86.